The summed E-state index contributed by atoms with van der Waals surface area (Å²) in [5.41, 5.74) is 1.16. The monoisotopic (exact) mass is 250 g/mol. The van der Waals surface area contributed by atoms with E-state index in [0.29, 0.717) is 12.5 Å². The molecule has 1 unspecified atom stereocenters. The van der Waals surface area contributed by atoms with Crippen molar-refractivity contribution in [2.24, 2.45) is 5.92 Å². The van der Waals surface area contributed by atoms with Gasteiger partial charge in [-0.05, 0) is 18.5 Å². The van der Waals surface area contributed by atoms with Crippen LogP contribution < -0.4 is 10.1 Å². The second kappa shape index (κ2) is 6.71. The standard InChI is InChI=1S/C14H22N2O2/c1-11(2)7-16-8-12-3-5-15-9-14(12)18-13-4-6-17-10-13/h3,5,9,11,13,16H,4,6-8,10H2,1-2H3. The molecule has 1 aromatic heterocycles. The Bertz CT molecular complexity index is 363. The van der Waals surface area contributed by atoms with Gasteiger partial charge in [0.15, 0.2) is 0 Å². The summed E-state index contributed by atoms with van der Waals surface area (Å²) in [5.74, 6) is 1.53. The normalized spacial score (nSPS) is 19.4. The molecule has 18 heavy (non-hydrogen) atoms. The molecule has 4 nitrogen and oxygen atoms in total. The summed E-state index contributed by atoms with van der Waals surface area (Å²) in [7, 11) is 0. The van der Waals surface area contributed by atoms with Crippen LogP contribution in [-0.4, -0.2) is 30.8 Å². The minimum Gasteiger partial charge on any atom is -0.486 e. The van der Waals surface area contributed by atoms with Crippen molar-refractivity contribution in [3.8, 4) is 5.75 Å². The molecule has 1 atom stereocenters. The minimum absolute atomic E-state index is 0.179. The van der Waals surface area contributed by atoms with E-state index in [0.717, 1.165) is 37.4 Å². The van der Waals surface area contributed by atoms with Gasteiger partial charge >= 0.3 is 0 Å². The molecule has 1 aromatic rings. The molecule has 0 aliphatic carbocycles. The van der Waals surface area contributed by atoms with Gasteiger partial charge in [-0.1, -0.05) is 13.8 Å². The Kier molecular flexibility index (Phi) is 4.96. The SMILES string of the molecule is CC(C)CNCc1ccncc1OC1CCOC1. The molecular weight excluding hydrogens is 228 g/mol. The Morgan fingerprint density at radius 1 is 1.56 bits per heavy atom. The molecule has 0 radical (unpaired) electrons. The average molecular weight is 250 g/mol. The van der Waals surface area contributed by atoms with Crippen molar-refractivity contribution in [2.45, 2.75) is 32.9 Å². The summed E-state index contributed by atoms with van der Waals surface area (Å²) in [6.07, 6.45) is 4.75. The first-order valence-electron chi connectivity index (χ1n) is 6.63. The molecule has 1 aliphatic rings. The molecule has 0 amide bonds. The summed E-state index contributed by atoms with van der Waals surface area (Å²) < 4.78 is 11.3. The van der Waals surface area contributed by atoms with Crippen molar-refractivity contribution in [3.05, 3.63) is 24.0 Å². The lowest BCUT2D eigenvalue weighted by molar-refractivity contribution is 0.140. The van der Waals surface area contributed by atoms with Gasteiger partial charge in [0.05, 0.1) is 19.4 Å². The topological polar surface area (TPSA) is 43.4 Å². The van der Waals surface area contributed by atoms with Crippen LogP contribution in [0.4, 0.5) is 0 Å². The summed E-state index contributed by atoms with van der Waals surface area (Å²) in [6.45, 7) is 7.72. The number of nitrogens with zero attached hydrogens (tertiary/aromatic N) is 1. The van der Waals surface area contributed by atoms with Crippen LogP contribution >= 0.6 is 0 Å². The number of pyridine rings is 1. The van der Waals surface area contributed by atoms with Crippen molar-refractivity contribution in [1.29, 1.82) is 0 Å². The van der Waals surface area contributed by atoms with Gasteiger partial charge in [0.1, 0.15) is 11.9 Å². The number of ether oxygens (including phenoxy) is 2. The number of hydrogen-bond donors (Lipinski definition) is 1. The van der Waals surface area contributed by atoms with Gasteiger partial charge in [-0.25, -0.2) is 0 Å². The summed E-state index contributed by atoms with van der Waals surface area (Å²) in [4.78, 5) is 4.14. The van der Waals surface area contributed by atoms with Gasteiger partial charge in [0.25, 0.3) is 0 Å². The predicted molar refractivity (Wildman–Crippen MR) is 70.6 cm³/mol. The fraction of sp³-hybridized carbons (Fsp3) is 0.643. The van der Waals surface area contributed by atoms with Crippen molar-refractivity contribution in [1.82, 2.24) is 10.3 Å². The number of rotatable bonds is 6. The highest BCUT2D eigenvalue weighted by Crippen LogP contribution is 2.20. The van der Waals surface area contributed by atoms with E-state index in [-0.39, 0.29) is 6.10 Å². The third-order valence-electron chi connectivity index (χ3n) is 2.92. The predicted octanol–water partition coefficient (Wildman–Crippen LogP) is 1.99. The van der Waals surface area contributed by atoms with Gasteiger partial charge in [0, 0.05) is 24.7 Å². The lowest BCUT2D eigenvalue weighted by atomic mass is 10.2. The van der Waals surface area contributed by atoms with Crippen LogP contribution in [0, 0.1) is 5.92 Å². The minimum atomic E-state index is 0.179. The molecule has 0 spiro atoms. The summed E-state index contributed by atoms with van der Waals surface area (Å²) in [5, 5.41) is 3.43. The maximum atomic E-state index is 5.94. The van der Waals surface area contributed by atoms with Gasteiger partial charge in [-0.2, -0.15) is 0 Å². The molecule has 1 fully saturated rings. The third kappa shape index (κ3) is 3.96. The quantitative estimate of drug-likeness (QED) is 0.838. The Hall–Kier alpha value is -1.13. The van der Waals surface area contributed by atoms with E-state index in [1.807, 2.05) is 12.3 Å². The zero-order chi connectivity index (χ0) is 12.8. The molecule has 1 aliphatic heterocycles. The molecule has 1 saturated heterocycles. The van der Waals surface area contributed by atoms with Gasteiger partial charge in [0.2, 0.25) is 0 Å². The number of hydrogen-bond acceptors (Lipinski definition) is 4. The van der Waals surface area contributed by atoms with Crippen LogP contribution in [0.3, 0.4) is 0 Å². The maximum absolute atomic E-state index is 5.94. The lowest BCUT2D eigenvalue weighted by Gasteiger charge is -2.15. The molecular formula is C14H22N2O2. The largest absolute Gasteiger partial charge is 0.486 e. The molecule has 2 heterocycles. The first-order valence-corrected chi connectivity index (χ1v) is 6.63. The molecule has 0 aromatic carbocycles. The lowest BCUT2D eigenvalue weighted by Crippen LogP contribution is -2.21. The smallest absolute Gasteiger partial charge is 0.142 e. The van der Waals surface area contributed by atoms with Gasteiger partial charge in [-0.15, -0.1) is 0 Å². The highest BCUT2D eigenvalue weighted by atomic mass is 16.5. The zero-order valence-corrected chi connectivity index (χ0v) is 11.2. The van der Waals surface area contributed by atoms with Crippen LogP contribution in [0.15, 0.2) is 18.5 Å². The highest BCUT2D eigenvalue weighted by molar-refractivity contribution is 5.30. The Balaban J connectivity index is 1.91. The highest BCUT2D eigenvalue weighted by Gasteiger charge is 2.18. The van der Waals surface area contributed by atoms with E-state index in [1.165, 1.54) is 0 Å². The molecule has 1 N–H and O–H groups in total. The Morgan fingerprint density at radius 2 is 2.44 bits per heavy atom. The van der Waals surface area contributed by atoms with E-state index in [9.17, 15) is 0 Å². The van der Waals surface area contributed by atoms with E-state index >= 15 is 0 Å². The van der Waals surface area contributed by atoms with Gasteiger partial charge in [-0.3, -0.25) is 4.98 Å². The number of nitrogens with one attached hydrogen (secondary N) is 1. The van der Waals surface area contributed by atoms with Crippen molar-refractivity contribution in [3.63, 3.8) is 0 Å². The van der Waals surface area contributed by atoms with Crippen molar-refractivity contribution >= 4 is 0 Å². The van der Waals surface area contributed by atoms with Crippen LogP contribution in [0.25, 0.3) is 0 Å². The number of aromatic nitrogens is 1. The van der Waals surface area contributed by atoms with E-state index in [1.54, 1.807) is 6.20 Å². The fourth-order valence-corrected chi connectivity index (χ4v) is 1.94. The molecule has 0 saturated carbocycles. The molecule has 0 bridgehead atoms. The van der Waals surface area contributed by atoms with Gasteiger partial charge < -0.3 is 14.8 Å². The van der Waals surface area contributed by atoms with Crippen molar-refractivity contribution < 1.29 is 9.47 Å². The van der Waals surface area contributed by atoms with E-state index < -0.39 is 0 Å². The van der Waals surface area contributed by atoms with E-state index in [4.69, 9.17) is 9.47 Å². The summed E-state index contributed by atoms with van der Waals surface area (Å²) >= 11 is 0. The second-order valence-corrected chi connectivity index (χ2v) is 5.11. The molecule has 100 valence electrons. The van der Waals surface area contributed by atoms with Crippen LogP contribution in [0.1, 0.15) is 25.8 Å². The average Bonchev–Trinajstić information content (AvgIpc) is 2.84. The second-order valence-electron chi connectivity index (χ2n) is 5.11. The fourth-order valence-electron chi connectivity index (χ4n) is 1.94. The summed E-state index contributed by atoms with van der Waals surface area (Å²) in [6, 6.07) is 2.01. The Labute approximate surface area is 109 Å². The molecule has 2 rings (SSSR count). The van der Waals surface area contributed by atoms with Crippen LogP contribution in [0.2, 0.25) is 0 Å². The third-order valence-corrected chi connectivity index (χ3v) is 2.92. The van der Waals surface area contributed by atoms with Crippen LogP contribution in [-0.2, 0) is 11.3 Å². The first kappa shape index (κ1) is 13.3. The zero-order valence-electron chi connectivity index (χ0n) is 11.2. The first-order chi connectivity index (χ1) is 8.75. The Morgan fingerprint density at radius 3 is 3.17 bits per heavy atom. The van der Waals surface area contributed by atoms with E-state index in [2.05, 4.69) is 24.1 Å². The van der Waals surface area contributed by atoms with Crippen LogP contribution in [0.5, 0.6) is 5.75 Å². The maximum Gasteiger partial charge on any atom is 0.142 e. The van der Waals surface area contributed by atoms with Crippen molar-refractivity contribution in [2.75, 3.05) is 19.8 Å². The molecule has 4 heteroatoms.